The van der Waals surface area contributed by atoms with Gasteiger partial charge in [-0.25, -0.2) is 4.21 Å². The molecule has 1 unspecified atom stereocenters. The third kappa shape index (κ3) is 5.57. The lowest BCUT2D eigenvalue weighted by molar-refractivity contribution is 0.414. The summed E-state index contributed by atoms with van der Waals surface area (Å²) in [6, 6.07) is 6.82. The Morgan fingerprint density at radius 2 is 1.95 bits per heavy atom. The fourth-order valence-corrected chi connectivity index (χ4v) is 2.78. The Labute approximate surface area is 133 Å². The maximum Gasteiger partial charge on any atom is 0.157 e. The van der Waals surface area contributed by atoms with E-state index in [1.807, 2.05) is 6.92 Å². The molecule has 116 valence electrons. The number of aliphatic hydroxyl groups excluding tert-OH is 1. The molecule has 0 amide bonds. The van der Waals surface area contributed by atoms with E-state index in [2.05, 4.69) is 0 Å². The third-order valence-corrected chi connectivity index (χ3v) is 4.00. The van der Waals surface area contributed by atoms with Crippen molar-refractivity contribution in [3.05, 3.63) is 35.4 Å². The van der Waals surface area contributed by atoms with Crippen LogP contribution in [0.5, 0.6) is 5.75 Å². The molecule has 4 nitrogen and oxygen atoms in total. The first-order valence-electron chi connectivity index (χ1n) is 6.66. The zero-order valence-electron chi connectivity index (χ0n) is 12.2. The first-order chi connectivity index (χ1) is 9.99. The van der Waals surface area contributed by atoms with Gasteiger partial charge in [-0.15, -0.1) is 0 Å². The molecule has 0 aliphatic rings. The molecular formula is C15H20O4S2. The first-order valence-corrected chi connectivity index (χ1v) is 8.35. The maximum absolute atomic E-state index is 11.1. The third-order valence-electron chi connectivity index (χ3n) is 3.01. The quantitative estimate of drug-likeness (QED) is 0.329. The Morgan fingerprint density at radius 3 is 2.43 bits per heavy atom. The van der Waals surface area contributed by atoms with Gasteiger partial charge < -0.3 is 14.4 Å². The molecule has 0 saturated carbocycles. The topological polar surface area (TPSA) is 66.8 Å². The molecule has 0 radical (unpaired) electrons. The number of methoxy groups -OCH3 is 1. The summed E-state index contributed by atoms with van der Waals surface area (Å²) in [6.07, 6.45) is 2.48. The zero-order chi connectivity index (χ0) is 15.8. The van der Waals surface area contributed by atoms with Crippen LogP contribution in [0.25, 0.3) is 5.76 Å². The van der Waals surface area contributed by atoms with Gasteiger partial charge in [-0.1, -0.05) is 25.6 Å². The van der Waals surface area contributed by atoms with E-state index in [0.29, 0.717) is 28.2 Å². The second-order valence-corrected chi connectivity index (χ2v) is 5.97. The summed E-state index contributed by atoms with van der Waals surface area (Å²) in [5.74, 6) is 0.467. The molecular weight excluding hydrogens is 308 g/mol. The van der Waals surface area contributed by atoms with Crippen molar-refractivity contribution in [1.29, 1.82) is 0 Å². The minimum absolute atomic E-state index is 0.0406. The second-order valence-electron chi connectivity index (χ2n) is 4.55. The van der Waals surface area contributed by atoms with Crippen LogP contribution in [-0.2, 0) is 11.1 Å². The lowest BCUT2D eigenvalue weighted by atomic mass is 10.0. The van der Waals surface area contributed by atoms with E-state index < -0.39 is 11.1 Å². The van der Waals surface area contributed by atoms with Crippen molar-refractivity contribution in [2.45, 2.75) is 26.2 Å². The van der Waals surface area contributed by atoms with Crippen LogP contribution in [0, 0.1) is 0 Å². The molecule has 0 bridgehead atoms. The van der Waals surface area contributed by atoms with Crippen molar-refractivity contribution < 1.29 is 18.6 Å². The Hall–Kier alpha value is -1.24. The van der Waals surface area contributed by atoms with Gasteiger partial charge in [0.05, 0.1) is 12.9 Å². The maximum atomic E-state index is 11.1. The van der Waals surface area contributed by atoms with E-state index in [1.54, 1.807) is 31.4 Å². The van der Waals surface area contributed by atoms with Crippen LogP contribution < -0.4 is 4.74 Å². The Bertz CT molecular complexity index is 535. The van der Waals surface area contributed by atoms with Gasteiger partial charge in [0.15, 0.2) is 11.1 Å². The van der Waals surface area contributed by atoms with E-state index in [0.717, 1.165) is 12.8 Å². The Kier molecular flexibility index (Phi) is 7.56. The van der Waals surface area contributed by atoms with E-state index in [1.165, 1.54) is 0 Å². The molecule has 6 heteroatoms. The van der Waals surface area contributed by atoms with Gasteiger partial charge in [0.25, 0.3) is 0 Å². The zero-order valence-corrected chi connectivity index (χ0v) is 13.8. The summed E-state index contributed by atoms with van der Waals surface area (Å²) in [7, 11) is 1.56. The molecule has 2 N–H and O–H groups in total. The average molecular weight is 328 g/mol. The van der Waals surface area contributed by atoms with Gasteiger partial charge in [0.1, 0.15) is 11.5 Å². The molecule has 1 aromatic rings. The van der Waals surface area contributed by atoms with Crippen LogP contribution in [0.1, 0.15) is 31.7 Å². The summed E-state index contributed by atoms with van der Waals surface area (Å²) < 4.78 is 25.3. The number of benzene rings is 1. The van der Waals surface area contributed by atoms with Gasteiger partial charge in [-0.05, 0) is 37.1 Å². The highest BCUT2D eigenvalue weighted by Crippen LogP contribution is 2.22. The van der Waals surface area contributed by atoms with Gasteiger partial charge in [-0.3, -0.25) is 0 Å². The number of rotatable bonds is 8. The molecule has 0 fully saturated rings. The molecule has 1 atom stereocenters. The molecule has 0 aliphatic heterocycles. The highest BCUT2D eigenvalue weighted by atomic mass is 32.2. The molecule has 0 aromatic heterocycles. The van der Waals surface area contributed by atoms with Crippen molar-refractivity contribution in [3.8, 4) is 5.75 Å². The summed E-state index contributed by atoms with van der Waals surface area (Å²) in [4.78, 5) is 0.535. The van der Waals surface area contributed by atoms with Crippen LogP contribution in [0.4, 0.5) is 0 Å². The lowest BCUT2D eigenvalue weighted by Crippen LogP contribution is -2.11. The van der Waals surface area contributed by atoms with E-state index in [4.69, 9.17) is 21.5 Å². The minimum atomic E-state index is -2.05. The summed E-state index contributed by atoms with van der Waals surface area (Å²) in [5, 5.41) is 10.4. The Morgan fingerprint density at radius 1 is 1.33 bits per heavy atom. The normalized spacial score (nSPS) is 13.5. The van der Waals surface area contributed by atoms with Gasteiger partial charge >= 0.3 is 0 Å². The summed E-state index contributed by atoms with van der Waals surface area (Å²) in [6.45, 7) is 2.04. The second kappa shape index (κ2) is 8.92. The molecule has 0 aliphatic carbocycles. The number of aliphatic hydroxyl groups is 1. The van der Waals surface area contributed by atoms with Crippen molar-refractivity contribution >= 4 is 33.9 Å². The molecule has 0 spiro atoms. The van der Waals surface area contributed by atoms with Crippen LogP contribution in [0.3, 0.4) is 0 Å². The van der Waals surface area contributed by atoms with Gasteiger partial charge in [-0.2, -0.15) is 0 Å². The van der Waals surface area contributed by atoms with E-state index in [9.17, 15) is 9.32 Å². The first kappa shape index (κ1) is 17.8. The van der Waals surface area contributed by atoms with Crippen LogP contribution in [-0.4, -0.2) is 31.6 Å². The molecule has 1 rings (SSSR count). The molecule has 0 heterocycles. The largest absolute Gasteiger partial charge is 0.507 e. The SMILES string of the molecule is CCCCC(=S)/C(CS(=O)O)=C(/O)c1ccc(OC)cc1. The fourth-order valence-electron chi connectivity index (χ4n) is 1.82. The number of unbranched alkanes of at least 4 members (excludes halogenated alkanes) is 1. The fraction of sp³-hybridized carbons (Fsp3) is 0.400. The van der Waals surface area contributed by atoms with Gasteiger partial charge in [0, 0.05) is 16.0 Å². The van der Waals surface area contributed by atoms with Gasteiger partial charge in [0.2, 0.25) is 0 Å². The predicted octanol–water partition coefficient (Wildman–Crippen LogP) is 3.75. The molecule has 1 aromatic carbocycles. The monoisotopic (exact) mass is 328 g/mol. The van der Waals surface area contributed by atoms with Crippen molar-refractivity contribution in [2.75, 3.05) is 12.9 Å². The van der Waals surface area contributed by atoms with Crippen molar-refractivity contribution in [2.24, 2.45) is 0 Å². The number of thiocarbonyl (C=S) groups is 1. The summed E-state index contributed by atoms with van der Waals surface area (Å²) >= 11 is 3.24. The number of hydrogen-bond acceptors (Lipinski definition) is 4. The van der Waals surface area contributed by atoms with Crippen LogP contribution >= 0.6 is 12.2 Å². The summed E-state index contributed by atoms with van der Waals surface area (Å²) in [5.41, 5.74) is 0.916. The number of hydrogen-bond donors (Lipinski definition) is 2. The van der Waals surface area contributed by atoms with E-state index >= 15 is 0 Å². The van der Waals surface area contributed by atoms with Crippen molar-refractivity contribution in [1.82, 2.24) is 0 Å². The number of ether oxygens (including phenoxy) is 1. The average Bonchev–Trinajstić information content (AvgIpc) is 2.49. The smallest absolute Gasteiger partial charge is 0.157 e. The highest BCUT2D eigenvalue weighted by Gasteiger charge is 2.15. The lowest BCUT2D eigenvalue weighted by Gasteiger charge is -2.11. The standard InChI is InChI=1S/C15H20O4S2/c1-3-4-5-14(20)13(10-21(17)18)15(16)11-6-8-12(19-2)9-7-11/h6-9,16H,3-5,10H2,1-2H3,(H,17,18)/b15-13+. The van der Waals surface area contributed by atoms with Crippen LogP contribution in [0.2, 0.25) is 0 Å². The molecule has 0 saturated heterocycles. The van der Waals surface area contributed by atoms with Crippen molar-refractivity contribution in [3.63, 3.8) is 0 Å². The predicted molar refractivity (Wildman–Crippen MR) is 90.3 cm³/mol. The van der Waals surface area contributed by atoms with E-state index in [-0.39, 0.29) is 11.5 Å². The molecule has 21 heavy (non-hydrogen) atoms. The minimum Gasteiger partial charge on any atom is -0.507 e. The highest BCUT2D eigenvalue weighted by molar-refractivity contribution is 7.81. The van der Waals surface area contributed by atoms with Crippen LogP contribution in [0.15, 0.2) is 29.8 Å². The Balaban J connectivity index is 3.11.